The van der Waals surface area contributed by atoms with Crippen molar-refractivity contribution in [1.82, 2.24) is 19.7 Å². The SMILES string of the molecule is CC(C)(O)c1cc(Nc2nccc(Oc3cc(C(F)C(F)F)nn3C3CCOCC3)c2F)ccn1. The average Bonchev–Trinajstić information content (AvgIpc) is 3.25. The largest absolute Gasteiger partial charge is 0.436 e. The van der Waals surface area contributed by atoms with Crippen LogP contribution < -0.4 is 10.1 Å². The molecule has 0 radical (unpaired) electrons. The summed E-state index contributed by atoms with van der Waals surface area (Å²) in [5.41, 5.74) is -0.915. The van der Waals surface area contributed by atoms with E-state index in [2.05, 4.69) is 20.4 Å². The fourth-order valence-electron chi connectivity index (χ4n) is 3.61. The fraction of sp³-hybridized carbons (Fsp3) is 0.435. The molecule has 8 nitrogen and oxygen atoms in total. The summed E-state index contributed by atoms with van der Waals surface area (Å²) in [5.74, 6) is -1.37. The highest BCUT2D eigenvalue weighted by atomic mass is 19.3. The molecule has 188 valence electrons. The van der Waals surface area contributed by atoms with Gasteiger partial charge in [0.15, 0.2) is 11.6 Å². The van der Waals surface area contributed by atoms with E-state index in [1.807, 2.05) is 0 Å². The monoisotopic (exact) mass is 495 g/mol. The van der Waals surface area contributed by atoms with Gasteiger partial charge in [-0.2, -0.15) is 9.49 Å². The van der Waals surface area contributed by atoms with Crippen LogP contribution in [0.3, 0.4) is 0 Å². The van der Waals surface area contributed by atoms with Gasteiger partial charge in [-0.05, 0) is 38.8 Å². The lowest BCUT2D eigenvalue weighted by Gasteiger charge is -2.24. The molecule has 0 aromatic carbocycles. The second kappa shape index (κ2) is 10.2. The van der Waals surface area contributed by atoms with Gasteiger partial charge >= 0.3 is 0 Å². The quantitative estimate of drug-likeness (QED) is 0.415. The molecule has 1 aliphatic heterocycles. The first-order valence-corrected chi connectivity index (χ1v) is 11.0. The highest BCUT2D eigenvalue weighted by molar-refractivity contribution is 5.58. The second-order valence-electron chi connectivity index (χ2n) is 8.62. The molecular formula is C23H25F4N5O3. The molecule has 1 saturated heterocycles. The number of halogens is 4. The van der Waals surface area contributed by atoms with Crippen molar-refractivity contribution in [1.29, 1.82) is 0 Å². The molecule has 4 heterocycles. The maximum atomic E-state index is 15.3. The Hall–Kier alpha value is -3.25. The van der Waals surface area contributed by atoms with E-state index >= 15 is 4.39 Å². The molecule has 1 fully saturated rings. The average molecular weight is 495 g/mol. The van der Waals surface area contributed by atoms with Gasteiger partial charge in [0.1, 0.15) is 11.3 Å². The number of aliphatic hydroxyl groups is 1. The van der Waals surface area contributed by atoms with Crippen LogP contribution in [-0.2, 0) is 10.3 Å². The van der Waals surface area contributed by atoms with Crippen LogP contribution in [-0.4, -0.2) is 44.5 Å². The van der Waals surface area contributed by atoms with Gasteiger partial charge in [0, 0.05) is 43.4 Å². The van der Waals surface area contributed by atoms with Crippen molar-refractivity contribution in [3.63, 3.8) is 0 Å². The van der Waals surface area contributed by atoms with E-state index in [0.717, 1.165) is 6.07 Å². The van der Waals surface area contributed by atoms with Crippen molar-refractivity contribution in [2.75, 3.05) is 18.5 Å². The van der Waals surface area contributed by atoms with E-state index < -0.39 is 29.7 Å². The van der Waals surface area contributed by atoms with Gasteiger partial charge in [-0.3, -0.25) is 4.98 Å². The Morgan fingerprint density at radius 1 is 1.14 bits per heavy atom. The molecule has 1 aliphatic rings. The molecule has 1 unspecified atom stereocenters. The molecule has 3 aromatic rings. The Morgan fingerprint density at radius 2 is 1.86 bits per heavy atom. The predicted molar refractivity (Wildman–Crippen MR) is 118 cm³/mol. The zero-order valence-electron chi connectivity index (χ0n) is 19.1. The number of pyridine rings is 2. The third kappa shape index (κ3) is 5.70. The number of nitrogens with one attached hydrogen (secondary N) is 1. The van der Waals surface area contributed by atoms with E-state index in [0.29, 0.717) is 37.4 Å². The number of anilines is 2. The first-order chi connectivity index (χ1) is 16.6. The van der Waals surface area contributed by atoms with Crippen molar-refractivity contribution in [3.05, 3.63) is 53.9 Å². The van der Waals surface area contributed by atoms with E-state index in [1.165, 1.54) is 23.1 Å². The number of alkyl halides is 3. The van der Waals surface area contributed by atoms with Crippen LogP contribution in [0.2, 0.25) is 0 Å². The van der Waals surface area contributed by atoms with Crippen molar-refractivity contribution in [2.24, 2.45) is 0 Å². The molecule has 0 amide bonds. The molecule has 0 bridgehead atoms. The summed E-state index contributed by atoms with van der Waals surface area (Å²) < 4.78 is 67.6. The summed E-state index contributed by atoms with van der Waals surface area (Å²) >= 11 is 0. The van der Waals surface area contributed by atoms with Gasteiger partial charge in [0.2, 0.25) is 17.9 Å². The molecule has 1 atom stereocenters. The lowest BCUT2D eigenvalue weighted by Crippen LogP contribution is -2.21. The standard InChI is InChI=1S/C23H25F4N5O3/c1-23(2,33)17-11-13(3-7-28-17)30-22-20(25)16(4-8-29-22)35-18-12-15(19(24)21(26)27)31-32(18)14-5-9-34-10-6-14/h3-4,7-8,11-12,14,19,21,33H,5-6,9-10H2,1-2H3,(H,28,29,30). The summed E-state index contributed by atoms with van der Waals surface area (Å²) in [6.07, 6.45) is -2.08. The minimum atomic E-state index is -3.26. The molecule has 35 heavy (non-hydrogen) atoms. The number of ether oxygens (including phenoxy) is 2. The molecule has 4 rings (SSSR count). The normalized spacial score (nSPS) is 15.9. The first kappa shape index (κ1) is 24.9. The zero-order chi connectivity index (χ0) is 25.2. The Balaban J connectivity index is 1.63. The van der Waals surface area contributed by atoms with Crippen LogP contribution in [0.15, 0.2) is 36.7 Å². The molecule has 12 heteroatoms. The highest BCUT2D eigenvalue weighted by Gasteiger charge is 2.29. The minimum absolute atomic E-state index is 0.0699. The van der Waals surface area contributed by atoms with Crippen molar-refractivity contribution in [2.45, 2.75) is 50.9 Å². The van der Waals surface area contributed by atoms with E-state index in [4.69, 9.17) is 9.47 Å². The van der Waals surface area contributed by atoms with Crippen LogP contribution in [0.1, 0.15) is 50.3 Å². The lowest BCUT2D eigenvalue weighted by atomic mass is 10.0. The second-order valence-corrected chi connectivity index (χ2v) is 8.62. The van der Waals surface area contributed by atoms with Gasteiger partial charge in [0.25, 0.3) is 6.43 Å². The van der Waals surface area contributed by atoms with Gasteiger partial charge < -0.3 is 19.9 Å². The number of nitrogens with zero attached hydrogens (tertiary/aromatic N) is 4. The van der Waals surface area contributed by atoms with Crippen LogP contribution in [0.25, 0.3) is 0 Å². The predicted octanol–water partition coefficient (Wildman–Crippen LogP) is 5.20. The topological polar surface area (TPSA) is 94.3 Å². The maximum absolute atomic E-state index is 15.3. The molecule has 3 aromatic heterocycles. The van der Waals surface area contributed by atoms with Crippen molar-refractivity contribution in [3.8, 4) is 11.6 Å². The summed E-state index contributed by atoms with van der Waals surface area (Å²) in [6, 6.07) is 5.15. The molecule has 0 saturated carbocycles. The minimum Gasteiger partial charge on any atom is -0.436 e. The number of aromatic nitrogens is 4. The summed E-state index contributed by atoms with van der Waals surface area (Å²) in [6.45, 7) is 3.98. The highest BCUT2D eigenvalue weighted by Crippen LogP contribution is 2.36. The number of hydrogen-bond acceptors (Lipinski definition) is 7. The maximum Gasteiger partial charge on any atom is 0.275 e. The summed E-state index contributed by atoms with van der Waals surface area (Å²) in [7, 11) is 0. The Kier molecular flexibility index (Phi) is 7.22. The molecule has 0 spiro atoms. The van der Waals surface area contributed by atoms with Crippen LogP contribution >= 0.6 is 0 Å². The van der Waals surface area contributed by atoms with E-state index in [1.54, 1.807) is 26.0 Å². The van der Waals surface area contributed by atoms with Crippen LogP contribution in [0.4, 0.5) is 29.1 Å². The first-order valence-electron chi connectivity index (χ1n) is 11.0. The van der Waals surface area contributed by atoms with Crippen molar-refractivity contribution < 1.29 is 32.1 Å². The van der Waals surface area contributed by atoms with Crippen molar-refractivity contribution >= 4 is 11.5 Å². The Bertz CT molecular complexity index is 1160. The van der Waals surface area contributed by atoms with Crippen LogP contribution in [0.5, 0.6) is 11.6 Å². The smallest absolute Gasteiger partial charge is 0.275 e. The third-order valence-electron chi connectivity index (χ3n) is 5.48. The Morgan fingerprint density at radius 3 is 2.54 bits per heavy atom. The number of rotatable bonds is 8. The number of hydrogen-bond donors (Lipinski definition) is 2. The van der Waals surface area contributed by atoms with Gasteiger partial charge in [0.05, 0.1) is 11.7 Å². The van der Waals surface area contributed by atoms with Gasteiger partial charge in [-0.25, -0.2) is 22.8 Å². The summed E-state index contributed by atoms with van der Waals surface area (Å²) in [5, 5.41) is 17.0. The van der Waals surface area contributed by atoms with E-state index in [-0.39, 0.29) is 23.5 Å². The summed E-state index contributed by atoms with van der Waals surface area (Å²) in [4.78, 5) is 8.09. The molecule has 0 aliphatic carbocycles. The van der Waals surface area contributed by atoms with Gasteiger partial charge in [-0.15, -0.1) is 0 Å². The third-order valence-corrected chi connectivity index (χ3v) is 5.48. The lowest BCUT2D eigenvalue weighted by molar-refractivity contribution is 0.0451. The van der Waals surface area contributed by atoms with Crippen LogP contribution in [0, 0.1) is 5.82 Å². The van der Waals surface area contributed by atoms with E-state index in [9.17, 15) is 18.3 Å². The molecular weight excluding hydrogens is 470 g/mol. The van der Waals surface area contributed by atoms with Gasteiger partial charge in [-0.1, -0.05) is 0 Å². The molecule has 2 N–H and O–H groups in total. The zero-order valence-corrected chi connectivity index (χ0v) is 19.1. The fourth-order valence-corrected chi connectivity index (χ4v) is 3.61. The Labute approximate surface area is 198 Å².